The largest absolute Gasteiger partial charge is 0.504 e. The van der Waals surface area contributed by atoms with Gasteiger partial charge in [0.25, 0.3) is 0 Å². The number of ether oxygens (including phenoxy) is 2. The highest BCUT2D eigenvalue weighted by atomic mass is 16.5. The van der Waals surface area contributed by atoms with Gasteiger partial charge < -0.3 is 29.5 Å². The second-order valence-electron chi connectivity index (χ2n) is 13.1. The Hall–Kier alpha value is -5.72. The van der Waals surface area contributed by atoms with Crippen molar-refractivity contribution < 1.29 is 29.3 Å². The number of piperazine rings is 2. The van der Waals surface area contributed by atoms with Crippen molar-refractivity contribution in [2.75, 3.05) is 76.4 Å². The van der Waals surface area contributed by atoms with E-state index in [-0.39, 0.29) is 29.5 Å². The predicted molar refractivity (Wildman–Crippen MR) is 205 cm³/mol. The van der Waals surface area contributed by atoms with Crippen molar-refractivity contribution in [1.82, 2.24) is 19.8 Å². The zero-order valence-corrected chi connectivity index (χ0v) is 30.2. The lowest BCUT2D eigenvalue weighted by atomic mass is 10.0. The Morgan fingerprint density at radius 3 is 1.42 bits per heavy atom. The number of hydrogen-bond donors (Lipinski definition) is 2. The molecule has 0 amide bonds. The van der Waals surface area contributed by atoms with Crippen molar-refractivity contribution in [3.63, 3.8) is 0 Å². The van der Waals surface area contributed by atoms with E-state index < -0.39 is 0 Å². The van der Waals surface area contributed by atoms with E-state index in [0.717, 1.165) is 64.0 Å². The van der Waals surface area contributed by atoms with E-state index in [9.17, 15) is 19.8 Å². The second kappa shape index (κ2) is 17.7. The maximum absolute atomic E-state index is 12.8. The molecule has 0 unspecified atom stereocenters. The zero-order valence-electron chi connectivity index (χ0n) is 30.2. The molecule has 2 aromatic heterocycles. The van der Waals surface area contributed by atoms with Crippen LogP contribution in [-0.2, 0) is 22.7 Å². The lowest BCUT2D eigenvalue weighted by molar-refractivity contribution is -0.121. The van der Waals surface area contributed by atoms with E-state index in [4.69, 9.17) is 9.47 Å². The van der Waals surface area contributed by atoms with Crippen LogP contribution in [0.1, 0.15) is 28.7 Å². The summed E-state index contributed by atoms with van der Waals surface area (Å²) in [7, 11) is 2.98. The molecule has 0 radical (unpaired) electrons. The van der Waals surface area contributed by atoms with E-state index >= 15 is 0 Å². The zero-order chi connectivity index (χ0) is 37.2. The van der Waals surface area contributed by atoms with Gasteiger partial charge in [0.2, 0.25) is 0 Å². The molecule has 6 rings (SSSR count). The quantitative estimate of drug-likeness (QED) is 0.137. The summed E-state index contributed by atoms with van der Waals surface area (Å²) in [5.74, 6) is 1.97. The van der Waals surface area contributed by atoms with Gasteiger partial charge in [-0.15, -0.1) is 0 Å². The Balaban J connectivity index is 1.04. The number of carbonyl (C=O) groups excluding carboxylic acids is 2. The molecule has 0 saturated carbocycles. The summed E-state index contributed by atoms with van der Waals surface area (Å²) in [5, 5.41) is 21.8. The fourth-order valence-electron chi connectivity index (χ4n) is 6.62. The van der Waals surface area contributed by atoms with Crippen molar-refractivity contribution in [1.29, 1.82) is 0 Å². The molecular formula is C41H46N6O6. The topological polar surface area (TPSA) is 132 Å². The maximum Gasteiger partial charge on any atom is 0.163 e. The highest BCUT2D eigenvalue weighted by Gasteiger charge is 2.22. The van der Waals surface area contributed by atoms with Crippen LogP contribution in [0.5, 0.6) is 23.0 Å². The van der Waals surface area contributed by atoms with Gasteiger partial charge in [0.1, 0.15) is 11.6 Å². The minimum Gasteiger partial charge on any atom is -0.504 e. The second-order valence-corrected chi connectivity index (χ2v) is 13.1. The lowest BCUT2D eigenvalue weighted by Crippen LogP contribution is -2.46. The van der Waals surface area contributed by atoms with Crippen LogP contribution in [0.15, 0.2) is 85.2 Å². The molecule has 2 aromatic carbocycles. The third kappa shape index (κ3) is 9.79. The molecule has 0 aliphatic carbocycles. The van der Waals surface area contributed by atoms with Crippen LogP contribution in [0.4, 0.5) is 11.6 Å². The number of phenolic OH excluding ortho intramolecular Hbond substituents is 2. The Bertz CT molecular complexity index is 1780. The van der Waals surface area contributed by atoms with Gasteiger partial charge in [0, 0.05) is 89.0 Å². The van der Waals surface area contributed by atoms with Crippen molar-refractivity contribution in [3.8, 4) is 23.0 Å². The summed E-state index contributed by atoms with van der Waals surface area (Å²) >= 11 is 0. The Morgan fingerprint density at radius 1 is 0.642 bits per heavy atom. The average Bonchev–Trinajstić information content (AvgIpc) is 3.19. The van der Waals surface area contributed by atoms with E-state index in [1.807, 2.05) is 48.5 Å². The number of hydrogen-bond acceptors (Lipinski definition) is 12. The summed E-state index contributed by atoms with van der Waals surface area (Å²) in [5.41, 5.74) is 2.74. The fraction of sp³-hybridized carbons (Fsp3) is 0.317. The molecule has 12 nitrogen and oxygen atoms in total. The number of ketones is 2. The molecule has 0 spiro atoms. The number of nitrogens with zero attached hydrogens (tertiary/aromatic N) is 6. The normalized spacial score (nSPS) is 15.7. The molecule has 2 fully saturated rings. The standard InChI is InChI=1S/C41H46N6O6/c1-52-36-25-30(23-32(40(36)50)28-44-15-19-46(20-16-44)38-7-3-5-13-42-38)9-11-34(48)27-35(49)12-10-31-24-33(41(51)37(26-31)53-2)29-45-17-21-47(22-18-45)39-8-4-6-14-43-39/h3-14,23-26,50-51H,15-22,27-29H2,1-2H3/b11-9+,12-10+. The molecule has 2 aliphatic rings. The van der Waals surface area contributed by atoms with Crippen LogP contribution in [0.3, 0.4) is 0 Å². The highest BCUT2D eigenvalue weighted by Crippen LogP contribution is 2.34. The van der Waals surface area contributed by atoms with E-state index in [2.05, 4.69) is 29.6 Å². The SMILES string of the molecule is COc1cc(/C=C/C(=O)CC(=O)/C=C/c2cc(CN3CCN(c4ccccn4)CC3)c(O)c(OC)c2)cc(CN2CCN(c3ccccn3)CC2)c1O. The van der Waals surface area contributed by atoms with Gasteiger partial charge in [-0.3, -0.25) is 19.4 Å². The van der Waals surface area contributed by atoms with Gasteiger partial charge in [-0.2, -0.15) is 0 Å². The number of allylic oxidation sites excluding steroid dienone is 2. The van der Waals surface area contributed by atoms with Crippen molar-refractivity contribution in [2.24, 2.45) is 0 Å². The fourth-order valence-corrected chi connectivity index (χ4v) is 6.62. The van der Waals surface area contributed by atoms with Gasteiger partial charge in [-0.05, 0) is 71.8 Å². The number of carbonyl (C=O) groups is 2. The van der Waals surface area contributed by atoms with E-state index in [1.165, 1.54) is 26.4 Å². The molecular weight excluding hydrogens is 672 g/mol. The van der Waals surface area contributed by atoms with Crippen LogP contribution in [0, 0.1) is 0 Å². The van der Waals surface area contributed by atoms with Crippen LogP contribution in [-0.4, -0.2) is 108 Å². The first-order chi connectivity index (χ1) is 25.8. The first-order valence-corrected chi connectivity index (χ1v) is 17.8. The molecule has 12 heteroatoms. The summed E-state index contributed by atoms with van der Waals surface area (Å²) in [4.78, 5) is 43.6. The van der Waals surface area contributed by atoms with Gasteiger partial charge in [-0.25, -0.2) is 9.97 Å². The maximum atomic E-state index is 12.8. The van der Waals surface area contributed by atoms with Crippen LogP contribution in [0.25, 0.3) is 12.2 Å². The number of phenols is 2. The third-order valence-electron chi connectivity index (χ3n) is 9.54. The molecule has 4 aromatic rings. The molecule has 4 heterocycles. The molecule has 53 heavy (non-hydrogen) atoms. The van der Waals surface area contributed by atoms with Crippen molar-refractivity contribution >= 4 is 35.4 Å². The minimum absolute atomic E-state index is 0.0700. The van der Waals surface area contributed by atoms with Crippen molar-refractivity contribution in [3.05, 3.63) is 107 Å². The average molecular weight is 719 g/mol. The van der Waals surface area contributed by atoms with E-state index in [0.29, 0.717) is 46.8 Å². The number of aromatic nitrogens is 2. The van der Waals surface area contributed by atoms with Gasteiger partial charge in [-0.1, -0.05) is 24.3 Å². The molecule has 276 valence electrons. The summed E-state index contributed by atoms with van der Waals surface area (Å²) in [6.07, 6.45) is 9.31. The number of anilines is 2. The van der Waals surface area contributed by atoms with Gasteiger partial charge >= 0.3 is 0 Å². The molecule has 2 aliphatic heterocycles. The van der Waals surface area contributed by atoms with Crippen LogP contribution in [0.2, 0.25) is 0 Å². The Morgan fingerprint density at radius 2 is 1.06 bits per heavy atom. The highest BCUT2D eigenvalue weighted by molar-refractivity contribution is 6.10. The van der Waals surface area contributed by atoms with Crippen molar-refractivity contribution in [2.45, 2.75) is 19.5 Å². The number of benzene rings is 2. The third-order valence-corrected chi connectivity index (χ3v) is 9.54. The summed E-state index contributed by atoms with van der Waals surface area (Å²) < 4.78 is 10.9. The number of methoxy groups -OCH3 is 2. The van der Waals surface area contributed by atoms with E-state index in [1.54, 1.807) is 36.7 Å². The number of aromatic hydroxyl groups is 2. The summed E-state index contributed by atoms with van der Waals surface area (Å²) in [6.45, 7) is 7.51. The number of rotatable bonds is 14. The summed E-state index contributed by atoms with van der Waals surface area (Å²) in [6, 6.07) is 18.8. The first-order valence-electron chi connectivity index (χ1n) is 17.8. The Labute approximate surface area is 310 Å². The smallest absolute Gasteiger partial charge is 0.163 e. The predicted octanol–water partition coefficient (Wildman–Crippen LogP) is 4.80. The van der Waals surface area contributed by atoms with Crippen LogP contribution < -0.4 is 19.3 Å². The monoisotopic (exact) mass is 718 g/mol. The molecule has 0 atom stereocenters. The van der Waals surface area contributed by atoms with Gasteiger partial charge in [0.15, 0.2) is 34.6 Å². The Kier molecular flexibility index (Phi) is 12.4. The molecule has 2 saturated heterocycles. The number of pyridine rings is 2. The first kappa shape index (κ1) is 37.1. The lowest BCUT2D eigenvalue weighted by Gasteiger charge is -2.35. The molecule has 2 N–H and O–H groups in total. The minimum atomic E-state index is -0.354. The molecule has 0 bridgehead atoms. The van der Waals surface area contributed by atoms with Crippen LogP contribution >= 0.6 is 0 Å². The van der Waals surface area contributed by atoms with Gasteiger partial charge in [0.05, 0.1) is 20.6 Å².